The molecule has 1 fully saturated rings. The highest BCUT2D eigenvalue weighted by Crippen LogP contribution is 2.43. The molecule has 0 radical (unpaired) electrons. The Bertz CT molecular complexity index is 1290. The van der Waals surface area contributed by atoms with Crippen LogP contribution < -0.4 is 10.6 Å². The van der Waals surface area contributed by atoms with Gasteiger partial charge in [-0.2, -0.15) is 5.26 Å². The molecule has 0 aliphatic carbocycles. The van der Waals surface area contributed by atoms with Gasteiger partial charge in [0, 0.05) is 36.0 Å². The lowest BCUT2D eigenvalue weighted by Crippen LogP contribution is -2.57. The van der Waals surface area contributed by atoms with Crippen LogP contribution in [0.3, 0.4) is 0 Å². The van der Waals surface area contributed by atoms with Crippen molar-refractivity contribution in [1.29, 1.82) is 5.26 Å². The number of hydrogen-bond donors (Lipinski definition) is 4. The number of nitriles is 1. The fraction of sp³-hybridized carbons (Fsp3) is 0.286. The summed E-state index contributed by atoms with van der Waals surface area (Å²) in [6.45, 7) is 2.74. The predicted molar refractivity (Wildman–Crippen MR) is 134 cm³/mol. The second-order valence-corrected chi connectivity index (χ2v) is 9.30. The molecule has 0 aromatic heterocycles. The molecule has 178 valence electrons. The molecule has 3 aromatic rings. The molecule has 4 N–H and O–H groups in total. The molecule has 0 bridgehead atoms. The third kappa shape index (κ3) is 4.59. The number of carbonyl (C=O) groups excluding carboxylic acids is 1. The van der Waals surface area contributed by atoms with E-state index in [1.54, 1.807) is 0 Å². The van der Waals surface area contributed by atoms with Gasteiger partial charge in [-0.1, -0.05) is 30.3 Å². The fourth-order valence-corrected chi connectivity index (χ4v) is 5.54. The van der Waals surface area contributed by atoms with Gasteiger partial charge < -0.3 is 20.8 Å². The maximum atomic E-state index is 13.0. The van der Waals surface area contributed by atoms with Crippen molar-refractivity contribution in [1.82, 2.24) is 10.2 Å². The van der Waals surface area contributed by atoms with Crippen LogP contribution >= 0.6 is 0 Å². The molecule has 0 unspecified atom stereocenters. The largest absolute Gasteiger partial charge is 0.508 e. The fourth-order valence-electron chi connectivity index (χ4n) is 5.54. The van der Waals surface area contributed by atoms with Gasteiger partial charge in [0.1, 0.15) is 11.5 Å². The molecule has 1 amide bonds. The van der Waals surface area contributed by atoms with Crippen LogP contribution in [0, 0.1) is 11.3 Å². The van der Waals surface area contributed by atoms with Gasteiger partial charge in [0.25, 0.3) is 0 Å². The Kier molecular flexibility index (Phi) is 6.16. The molecule has 2 heterocycles. The summed E-state index contributed by atoms with van der Waals surface area (Å²) in [5.41, 5.74) is 5.47. The summed E-state index contributed by atoms with van der Waals surface area (Å²) in [6, 6.07) is 20.5. The number of hydrogen-bond acceptors (Lipinski definition) is 6. The number of aromatic hydroxyl groups is 2. The van der Waals surface area contributed by atoms with Gasteiger partial charge in [-0.25, -0.2) is 0 Å². The Morgan fingerprint density at radius 2 is 1.77 bits per heavy atom. The number of nitrogens with one attached hydrogen (secondary N) is 2. The second kappa shape index (κ2) is 9.41. The number of phenolic OH excluding ortho intramolecular Hbond substituents is 2. The van der Waals surface area contributed by atoms with E-state index in [2.05, 4.69) is 39.8 Å². The predicted octanol–water partition coefficient (Wildman–Crippen LogP) is 3.71. The average molecular weight is 469 g/mol. The Hall–Kier alpha value is -3.86. The Balaban J connectivity index is 1.42. The van der Waals surface area contributed by atoms with Gasteiger partial charge in [-0.3, -0.25) is 9.69 Å². The summed E-state index contributed by atoms with van der Waals surface area (Å²) in [4.78, 5) is 15.3. The number of anilines is 1. The zero-order valence-corrected chi connectivity index (χ0v) is 19.4. The first-order chi connectivity index (χ1) is 17.0. The first kappa shape index (κ1) is 22.9. The number of rotatable bonds is 4. The summed E-state index contributed by atoms with van der Waals surface area (Å²) >= 11 is 0. The minimum Gasteiger partial charge on any atom is -0.508 e. The molecule has 7 nitrogen and oxygen atoms in total. The van der Waals surface area contributed by atoms with E-state index < -0.39 is 0 Å². The Morgan fingerprint density at radius 1 is 1.03 bits per heavy atom. The maximum Gasteiger partial charge on any atom is 0.238 e. The normalized spacial score (nSPS) is 16.9. The van der Waals surface area contributed by atoms with E-state index in [0.29, 0.717) is 11.3 Å². The number of fused-ring (bicyclic) bond motifs is 2. The summed E-state index contributed by atoms with van der Waals surface area (Å²) in [6.07, 6.45) is 2.64. The average Bonchev–Trinajstić information content (AvgIpc) is 2.85. The van der Waals surface area contributed by atoms with E-state index in [-0.39, 0.29) is 29.5 Å². The lowest BCUT2D eigenvalue weighted by Gasteiger charge is -2.50. The van der Waals surface area contributed by atoms with E-state index in [9.17, 15) is 20.3 Å². The topological polar surface area (TPSA) is 109 Å². The van der Waals surface area contributed by atoms with Crippen molar-refractivity contribution in [2.75, 3.05) is 31.5 Å². The van der Waals surface area contributed by atoms with Crippen molar-refractivity contribution in [3.05, 3.63) is 77.4 Å². The van der Waals surface area contributed by atoms with Crippen LogP contribution in [-0.4, -0.2) is 47.2 Å². The summed E-state index contributed by atoms with van der Waals surface area (Å²) < 4.78 is 0. The van der Waals surface area contributed by atoms with E-state index in [1.807, 2.05) is 24.3 Å². The lowest BCUT2D eigenvalue weighted by molar-refractivity contribution is -0.119. The van der Waals surface area contributed by atoms with Crippen LogP contribution in [0.2, 0.25) is 0 Å². The second-order valence-electron chi connectivity index (χ2n) is 9.30. The molecular formula is C28H28N4O3. The van der Waals surface area contributed by atoms with Crippen molar-refractivity contribution in [2.24, 2.45) is 0 Å². The molecule has 5 rings (SSSR count). The van der Waals surface area contributed by atoms with Gasteiger partial charge in [-0.15, -0.1) is 0 Å². The SMILES string of the molecule is N#Cc1cccc(-c2ccc3c(c2)CCN(CC(=O)Nc2cc(O)cc(O)c2)C32CCNCC2)c1. The molecular weight excluding hydrogens is 440 g/mol. The van der Waals surface area contributed by atoms with Crippen molar-refractivity contribution >= 4 is 11.6 Å². The van der Waals surface area contributed by atoms with Gasteiger partial charge in [-0.05, 0) is 66.7 Å². The number of amides is 1. The quantitative estimate of drug-likeness (QED) is 0.465. The van der Waals surface area contributed by atoms with Crippen LogP contribution in [0.4, 0.5) is 5.69 Å². The van der Waals surface area contributed by atoms with Crippen LogP contribution in [0.1, 0.15) is 29.5 Å². The molecule has 0 saturated carbocycles. The first-order valence-electron chi connectivity index (χ1n) is 11.9. The highest BCUT2D eigenvalue weighted by atomic mass is 16.3. The van der Waals surface area contributed by atoms with Gasteiger partial charge in [0.05, 0.1) is 18.2 Å². The monoisotopic (exact) mass is 468 g/mol. The molecule has 35 heavy (non-hydrogen) atoms. The van der Waals surface area contributed by atoms with Gasteiger partial charge in [0.15, 0.2) is 0 Å². The van der Waals surface area contributed by atoms with E-state index in [0.717, 1.165) is 50.0 Å². The van der Waals surface area contributed by atoms with Crippen LogP contribution in [0.15, 0.2) is 60.7 Å². The minimum atomic E-state index is -0.232. The summed E-state index contributed by atoms with van der Waals surface area (Å²) in [5, 5.41) is 35.0. The highest BCUT2D eigenvalue weighted by molar-refractivity contribution is 5.92. The van der Waals surface area contributed by atoms with Crippen molar-refractivity contribution in [3.63, 3.8) is 0 Å². The van der Waals surface area contributed by atoms with Gasteiger partial charge >= 0.3 is 0 Å². The zero-order chi connectivity index (χ0) is 24.4. The van der Waals surface area contributed by atoms with Crippen molar-refractivity contribution in [2.45, 2.75) is 24.8 Å². The van der Waals surface area contributed by atoms with E-state index in [1.165, 1.54) is 29.3 Å². The number of nitrogens with zero attached hydrogens (tertiary/aromatic N) is 2. The smallest absolute Gasteiger partial charge is 0.238 e. The van der Waals surface area contributed by atoms with Gasteiger partial charge in [0.2, 0.25) is 5.91 Å². The van der Waals surface area contributed by atoms with Crippen LogP contribution in [-0.2, 0) is 16.8 Å². The van der Waals surface area contributed by atoms with E-state index in [4.69, 9.17) is 0 Å². The summed E-state index contributed by atoms with van der Waals surface area (Å²) in [7, 11) is 0. The van der Waals surface area contributed by atoms with Crippen molar-refractivity contribution in [3.8, 4) is 28.7 Å². The number of piperidine rings is 1. The number of phenols is 2. The number of carbonyl (C=O) groups is 1. The first-order valence-corrected chi connectivity index (χ1v) is 11.9. The molecule has 2 aliphatic rings. The van der Waals surface area contributed by atoms with Crippen LogP contribution in [0.25, 0.3) is 11.1 Å². The summed E-state index contributed by atoms with van der Waals surface area (Å²) in [5.74, 6) is -0.377. The van der Waals surface area contributed by atoms with E-state index >= 15 is 0 Å². The highest BCUT2D eigenvalue weighted by Gasteiger charge is 2.44. The molecule has 2 aliphatic heterocycles. The zero-order valence-electron chi connectivity index (χ0n) is 19.4. The molecule has 1 spiro atoms. The van der Waals surface area contributed by atoms with Crippen LogP contribution in [0.5, 0.6) is 11.5 Å². The molecule has 0 atom stereocenters. The third-order valence-electron chi connectivity index (χ3n) is 7.14. The number of benzene rings is 3. The molecule has 3 aromatic carbocycles. The third-order valence-corrected chi connectivity index (χ3v) is 7.14. The minimum absolute atomic E-state index is 0.0989. The maximum absolute atomic E-state index is 13.0. The lowest BCUT2D eigenvalue weighted by atomic mass is 9.74. The Labute approximate surface area is 204 Å². The standard InChI is InChI=1S/C28H28N4O3/c29-17-19-2-1-3-20(12-19)21-4-5-26-22(13-21)6-11-32(28(26)7-9-30-10-8-28)18-27(35)31-23-14-24(33)16-25(34)15-23/h1-5,12-16,30,33-34H,6-11,18H2,(H,31,35). The molecule has 1 saturated heterocycles. The Morgan fingerprint density at radius 3 is 2.51 bits per heavy atom. The molecule has 7 heteroatoms. The van der Waals surface area contributed by atoms with Crippen molar-refractivity contribution < 1.29 is 15.0 Å².